The third-order valence-corrected chi connectivity index (χ3v) is 19.7. The second-order valence-corrected chi connectivity index (χ2v) is 28.6. The number of nitrogens with two attached hydrogens (primary N) is 6. The van der Waals surface area contributed by atoms with Crippen molar-refractivity contribution in [2.45, 2.75) is 77.0 Å². The first kappa shape index (κ1) is 77.2. The molecule has 81 heavy (non-hydrogen) atoms. The van der Waals surface area contributed by atoms with Crippen LogP contribution in [0.25, 0.3) is 0 Å². The van der Waals surface area contributed by atoms with E-state index in [1.165, 1.54) is 23.5 Å². The zero-order valence-corrected chi connectivity index (χ0v) is 53.5. The minimum atomic E-state index is -0.400. The summed E-state index contributed by atoms with van der Waals surface area (Å²) in [5, 5.41) is 16.6. The molecule has 2 heterocycles. The molecule has 24 nitrogen and oxygen atoms in total. The van der Waals surface area contributed by atoms with Gasteiger partial charge in [-0.25, -0.2) is 0 Å². The maximum absolute atomic E-state index is 12.4. The van der Waals surface area contributed by atoms with Gasteiger partial charge < -0.3 is 56.8 Å². The monoisotopic (exact) mass is 1320 g/mol. The second kappa shape index (κ2) is 56.0. The average molecular weight is 1320 g/mol. The standard InChI is InChI=1S/C30H52O12S6.C18H32N6O6S3/c31-28-5-15-43-46-18-12-36-23-34-8-1-26-2-9-35-24-37-13-19-47-44-16-6-29(32)41-11-4-27(3-10-40-28)22-42-30(33)7-17-45-48-20-14-38-25-39-21-26;19-16(20)31-8-3-13(25)28-6-1-12(11-30-15(27)5-10-33-18(23)24)2-7-29-14(26)4-9-32-17(21)22/h26-27H,1-25H2;12H,1-11H2,(H3,19,20)(H3,21,22)(H3,23,24)/p+3. The van der Waals surface area contributed by atoms with Gasteiger partial charge in [0.15, 0.2) is 0 Å². The average Bonchev–Trinajstić information content (AvgIpc) is 3.41. The first-order valence-corrected chi connectivity index (χ1v) is 36.8. The number of cyclic esters (lactones) is 2. The van der Waals surface area contributed by atoms with Crippen molar-refractivity contribution in [2.75, 3.05) is 151 Å². The summed E-state index contributed by atoms with van der Waals surface area (Å²) in [7, 11) is 9.71. The van der Waals surface area contributed by atoms with Gasteiger partial charge in [0, 0.05) is 65.0 Å². The molecule has 2 bridgehead atoms. The molecule has 2 aliphatic rings. The summed E-state index contributed by atoms with van der Waals surface area (Å²) in [4.78, 5) is 72.4. The van der Waals surface area contributed by atoms with Crippen molar-refractivity contribution in [3.63, 3.8) is 0 Å². The molecule has 0 aromatic rings. The van der Waals surface area contributed by atoms with Crippen LogP contribution in [-0.4, -0.2) is 203 Å². The fourth-order valence-corrected chi connectivity index (χ4v) is 13.1. The largest absolute Gasteiger partial charge is 0.466 e. The maximum Gasteiger partial charge on any atom is 0.306 e. The highest BCUT2D eigenvalue weighted by Crippen LogP contribution is 2.24. The van der Waals surface area contributed by atoms with E-state index >= 15 is 0 Å². The summed E-state index contributed by atoms with van der Waals surface area (Å²) in [5.41, 5.74) is 16.0. The molecule has 12 N–H and O–H groups in total. The third-order valence-electron chi connectivity index (χ3n) is 10.4. The summed E-state index contributed by atoms with van der Waals surface area (Å²) < 4.78 is 66.2. The number of fused-ring (bicyclic) bond motifs is 14. The molecule has 33 heteroatoms. The fraction of sp³-hybridized carbons (Fsp3) is 0.812. The van der Waals surface area contributed by atoms with E-state index in [4.69, 9.17) is 90.3 Å². The van der Waals surface area contributed by atoms with Crippen molar-refractivity contribution in [1.82, 2.24) is 0 Å². The Kier molecular flexibility index (Phi) is 53.3. The van der Waals surface area contributed by atoms with Gasteiger partial charge in [-0.15, -0.1) is 0 Å². The van der Waals surface area contributed by atoms with Crippen molar-refractivity contribution < 1.29 is 102 Å². The molecule has 2 aliphatic heterocycles. The van der Waals surface area contributed by atoms with Gasteiger partial charge in [-0.3, -0.25) is 62.2 Å². The zero-order valence-electron chi connectivity index (χ0n) is 46.2. The minimum Gasteiger partial charge on any atom is -0.466 e. The molecule has 2 rings (SSSR count). The number of rotatable bonds is 17. The van der Waals surface area contributed by atoms with Gasteiger partial charge in [0.25, 0.3) is 15.5 Å². The Morgan fingerprint density at radius 1 is 0.469 bits per heavy atom. The number of esters is 6. The number of ether oxygens (including phenoxy) is 12. The number of hydrogen-bond donors (Lipinski definition) is 6. The lowest BCUT2D eigenvalue weighted by atomic mass is 10.0. The van der Waals surface area contributed by atoms with Crippen LogP contribution < -0.4 is 33.4 Å². The molecule has 0 spiro atoms. The van der Waals surface area contributed by atoms with Crippen molar-refractivity contribution in [2.24, 2.45) is 35.0 Å². The van der Waals surface area contributed by atoms with Crippen LogP contribution in [0.5, 0.6) is 0 Å². The summed E-state index contributed by atoms with van der Waals surface area (Å²) in [6.07, 6.45) is 4.86. The Hall–Kier alpha value is -1.86. The van der Waals surface area contributed by atoms with E-state index in [1.54, 1.807) is 64.8 Å². The van der Waals surface area contributed by atoms with Crippen LogP contribution in [0.15, 0.2) is 0 Å². The number of amidine groups is 3. The molecule has 0 unspecified atom stereocenters. The van der Waals surface area contributed by atoms with Gasteiger partial charge >= 0.3 is 35.8 Å². The molecule has 0 aromatic carbocycles. The van der Waals surface area contributed by atoms with Crippen LogP contribution in [0.1, 0.15) is 77.0 Å². The lowest BCUT2D eigenvalue weighted by Crippen LogP contribution is -2.43. The zero-order chi connectivity index (χ0) is 59.2. The Bertz CT molecular complexity index is 1670. The molecule has 0 aliphatic carbocycles. The van der Waals surface area contributed by atoms with Crippen LogP contribution >= 0.6 is 100 Å². The Morgan fingerprint density at radius 3 is 1.23 bits per heavy atom. The van der Waals surface area contributed by atoms with Gasteiger partial charge in [-0.05, 0) is 91.6 Å². The van der Waals surface area contributed by atoms with E-state index < -0.39 is 5.97 Å². The van der Waals surface area contributed by atoms with Gasteiger partial charge in [0.2, 0.25) is 0 Å². The molecular formula is C48H87N6O18S9+3. The molecule has 468 valence electrons. The van der Waals surface area contributed by atoms with Crippen molar-refractivity contribution in [3.8, 4) is 0 Å². The highest BCUT2D eigenvalue weighted by molar-refractivity contribution is 8.77. The van der Waals surface area contributed by atoms with Crippen LogP contribution in [0.2, 0.25) is 0 Å². The summed E-state index contributed by atoms with van der Waals surface area (Å²) in [5.74, 6) is 3.44. The quantitative estimate of drug-likeness (QED) is 0.0393. The highest BCUT2D eigenvalue weighted by Gasteiger charge is 2.19. The van der Waals surface area contributed by atoms with E-state index in [9.17, 15) is 28.8 Å². The van der Waals surface area contributed by atoms with E-state index in [-0.39, 0.29) is 149 Å². The Morgan fingerprint density at radius 2 is 0.815 bits per heavy atom. The number of carbonyl (C=O) groups excluding carboxylic acids is 6. The minimum absolute atomic E-state index is 0.101. The molecule has 2 saturated heterocycles. The van der Waals surface area contributed by atoms with E-state index in [0.29, 0.717) is 113 Å². The molecular weight excluding hydrogens is 1240 g/mol. The number of carbonyl (C=O) groups is 6. The first-order chi connectivity index (χ1) is 39.2. The van der Waals surface area contributed by atoms with Crippen molar-refractivity contribution in [1.29, 1.82) is 0 Å². The summed E-state index contributed by atoms with van der Waals surface area (Å²) in [6, 6.07) is 0. The SMILES string of the molecule is NC(=[NH2+])SCCC(=O)OCCC(CCOC(=O)CCSC(N)=[NH2+])COC(=O)CCSC(N)=[NH2+].O=C1CCSSCCOCOCCC2CCOCOCCSSCCC(=O)OCCC(CCO1)COC(=O)CCSSCCOCOC2. The lowest BCUT2D eigenvalue weighted by molar-refractivity contribution is -0.148. The summed E-state index contributed by atoms with van der Waals surface area (Å²) >= 11 is 3.50. The normalized spacial score (nSPS) is 19.9. The molecule has 0 amide bonds. The predicted octanol–water partition coefficient (Wildman–Crippen LogP) is 1.33. The van der Waals surface area contributed by atoms with E-state index in [1.807, 2.05) is 0 Å². The predicted molar refractivity (Wildman–Crippen MR) is 327 cm³/mol. The molecule has 2 fully saturated rings. The second-order valence-electron chi connectivity index (χ2n) is 17.0. The maximum atomic E-state index is 12.4. The smallest absolute Gasteiger partial charge is 0.306 e. The lowest BCUT2D eigenvalue weighted by Gasteiger charge is -2.18. The Balaban J connectivity index is 0.000000871. The van der Waals surface area contributed by atoms with Gasteiger partial charge in [0.1, 0.15) is 20.4 Å². The van der Waals surface area contributed by atoms with Gasteiger partial charge in [-0.1, -0.05) is 64.8 Å². The van der Waals surface area contributed by atoms with Crippen LogP contribution in [0.3, 0.4) is 0 Å². The first-order valence-electron chi connectivity index (χ1n) is 26.4. The van der Waals surface area contributed by atoms with Crippen LogP contribution in [0, 0.1) is 17.8 Å². The van der Waals surface area contributed by atoms with Crippen LogP contribution in [0.4, 0.5) is 0 Å². The van der Waals surface area contributed by atoms with Crippen molar-refractivity contribution >= 4 is 151 Å². The van der Waals surface area contributed by atoms with Crippen molar-refractivity contribution in [3.05, 3.63) is 0 Å². The highest BCUT2D eigenvalue weighted by atomic mass is 33.1. The Labute approximate surface area is 513 Å². The molecule has 0 radical (unpaired) electrons. The van der Waals surface area contributed by atoms with E-state index in [2.05, 4.69) is 0 Å². The third kappa shape index (κ3) is 54.5. The fourth-order valence-electron chi connectivity index (χ4n) is 6.10. The summed E-state index contributed by atoms with van der Waals surface area (Å²) in [6.45, 7) is 4.92. The van der Waals surface area contributed by atoms with Crippen LogP contribution in [-0.2, 0) is 85.6 Å². The number of hydrogen-bond acceptors (Lipinski definition) is 27. The van der Waals surface area contributed by atoms with Gasteiger partial charge in [-0.2, -0.15) is 0 Å². The molecule has 0 atom stereocenters. The topological polar surface area (TPSA) is 368 Å². The molecule has 0 saturated carbocycles. The number of thioether (sulfide) groups is 3. The van der Waals surface area contributed by atoms with Gasteiger partial charge in [0.05, 0.1) is 105 Å². The van der Waals surface area contributed by atoms with E-state index in [0.717, 1.165) is 41.9 Å². The molecule has 0 aromatic heterocycles.